The average molecular weight is 258 g/mol. The summed E-state index contributed by atoms with van der Waals surface area (Å²) in [6.45, 7) is 7.84. The van der Waals surface area contributed by atoms with Gasteiger partial charge in [-0.3, -0.25) is 4.79 Å². The highest BCUT2D eigenvalue weighted by Gasteiger charge is 2.34. The van der Waals surface area contributed by atoms with Crippen molar-refractivity contribution in [1.82, 2.24) is 5.32 Å². The number of amides is 1. The molecule has 0 aliphatic heterocycles. The quantitative estimate of drug-likeness (QED) is 0.669. The van der Waals surface area contributed by atoms with Crippen LogP contribution in [0.5, 0.6) is 0 Å². The summed E-state index contributed by atoms with van der Waals surface area (Å²) in [5.41, 5.74) is 5.00. The zero-order chi connectivity index (χ0) is 14.3. The van der Waals surface area contributed by atoms with Crippen molar-refractivity contribution in [3.05, 3.63) is 0 Å². The Hall–Kier alpha value is -1.10. The van der Waals surface area contributed by atoms with E-state index >= 15 is 0 Å². The first-order chi connectivity index (χ1) is 8.36. The summed E-state index contributed by atoms with van der Waals surface area (Å²) in [4.78, 5) is 23.9. The highest BCUT2D eigenvalue weighted by molar-refractivity contribution is 5.88. The number of rotatable bonds is 7. The molecule has 0 saturated carbocycles. The lowest BCUT2D eigenvalue weighted by molar-refractivity contribution is -0.148. The van der Waals surface area contributed by atoms with Crippen LogP contribution in [0.4, 0.5) is 0 Å². The van der Waals surface area contributed by atoms with Crippen LogP contribution in [0.1, 0.15) is 40.5 Å². The van der Waals surface area contributed by atoms with Gasteiger partial charge >= 0.3 is 5.97 Å². The van der Waals surface area contributed by atoms with Crippen LogP contribution < -0.4 is 11.1 Å². The Morgan fingerprint density at radius 1 is 1.39 bits per heavy atom. The molecule has 0 aliphatic rings. The van der Waals surface area contributed by atoms with Crippen LogP contribution in [0.2, 0.25) is 0 Å². The molecule has 5 heteroatoms. The zero-order valence-corrected chi connectivity index (χ0v) is 12.1. The molecule has 3 atom stereocenters. The number of ether oxygens (including phenoxy) is 1. The number of esters is 1. The van der Waals surface area contributed by atoms with Gasteiger partial charge in [0.05, 0.1) is 12.5 Å². The van der Waals surface area contributed by atoms with Crippen molar-refractivity contribution in [2.45, 2.75) is 46.6 Å². The van der Waals surface area contributed by atoms with E-state index < -0.39 is 17.4 Å². The molecule has 0 heterocycles. The van der Waals surface area contributed by atoms with Crippen molar-refractivity contribution < 1.29 is 14.3 Å². The Balaban J connectivity index is 4.88. The molecule has 0 aromatic rings. The zero-order valence-electron chi connectivity index (χ0n) is 12.1. The van der Waals surface area contributed by atoms with Gasteiger partial charge in [-0.2, -0.15) is 0 Å². The molecule has 0 fully saturated rings. The summed E-state index contributed by atoms with van der Waals surface area (Å²) < 4.78 is 4.73. The lowest BCUT2D eigenvalue weighted by Crippen LogP contribution is -2.52. The van der Waals surface area contributed by atoms with Crippen LogP contribution in [0.15, 0.2) is 0 Å². The lowest BCUT2D eigenvalue weighted by Gasteiger charge is -2.29. The Morgan fingerprint density at radius 3 is 2.28 bits per heavy atom. The molecule has 0 rings (SSSR count). The van der Waals surface area contributed by atoms with Crippen molar-refractivity contribution in [3.63, 3.8) is 0 Å². The largest absolute Gasteiger partial charge is 0.467 e. The van der Waals surface area contributed by atoms with Gasteiger partial charge in [0.25, 0.3) is 0 Å². The van der Waals surface area contributed by atoms with Crippen LogP contribution in [-0.2, 0) is 14.3 Å². The van der Waals surface area contributed by atoms with Gasteiger partial charge < -0.3 is 15.8 Å². The molecule has 0 saturated heterocycles. The van der Waals surface area contributed by atoms with Gasteiger partial charge in [0, 0.05) is 6.54 Å². The van der Waals surface area contributed by atoms with E-state index in [9.17, 15) is 9.59 Å². The lowest BCUT2D eigenvalue weighted by atomic mass is 9.85. The smallest absolute Gasteiger partial charge is 0.328 e. The minimum atomic E-state index is -0.639. The number of hydrogen-bond acceptors (Lipinski definition) is 4. The van der Waals surface area contributed by atoms with E-state index in [1.165, 1.54) is 7.11 Å². The van der Waals surface area contributed by atoms with Crippen LogP contribution >= 0.6 is 0 Å². The van der Waals surface area contributed by atoms with Gasteiger partial charge in [0.15, 0.2) is 0 Å². The minimum absolute atomic E-state index is 0.0280. The van der Waals surface area contributed by atoms with E-state index in [1.54, 1.807) is 6.92 Å². The van der Waals surface area contributed by atoms with Gasteiger partial charge in [-0.25, -0.2) is 4.79 Å². The topological polar surface area (TPSA) is 81.4 Å². The number of carbonyl (C=O) groups excluding carboxylic acids is 2. The Bertz CT molecular complexity index is 288. The van der Waals surface area contributed by atoms with E-state index in [-0.39, 0.29) is 18.4 Å². The molecule has 5 nitrogen and oxygen atoms in total. The van der Waals surface area contributed by atoms with E-state index in [0.717, 1.165) is 6.42 Å². The van der Waals surface area contributed by atoms with Gasteiger partial charge in [-0.05, 0) is 19.3 Å². The van der Waals surface area contributed by atoms with Crippen LogP contribution in [-0.4, -0.2) is 31.6 Å². The first-order valence-corrected chi connectivity index (χ1v) is 6.45. The maximum atomic E-state index is 12.2. The summed E-state index contributed by atoms with van der Waals surface area (Å²) in [7, 11) is 1.33. The third kappa shape index (κ3) is 3.98. The monoisotopic (exact) mass is 258 g/mol. The second-order valence-electron chi connectivity index (χ2n) is 4.98. The van der Waals surface area contributed by atoms with Crippen LogP contribution in [0.3, 0.4) is 0 Å². The number of hydrogen-bond donors (Lipinski definition) is 2. The number of nitrogens with two attached hydrogens (primary N) is 1. The normalized spacial score (nSPS) is 17.4. The van der Waals surface area contributed by atoms with E-state index in [4.69, 9.17) is 10.5 Å². The summed E-state index contributed by atoms with van der Waals surface area (Å²) in [5.74, 6) is -0.573. The third-order valence-corrected chi connectivity index (χ3v) is 3.73. The second-order valence-corrected chi connectivity index (χ2v) is 4.98. The first-order valence-electron chi connectivity index (χ1n) is 6.45. The van der Waals surface area contributed by atoms with Gasteiger partial charge in [0.2, 0.25) is 5.91 Å². The van der Waals surface area contributed by atoms with Crippen LogP contribution in [0.25, 0.3) is 0 Å². The molecule has 18 heavy (non-hydrogen) atoms. The maximum absolute atomic E-state index is 12.2. The molecule has 106 valence electrons. The van der Waals surface area contributed by atoms with Crippen molar-refractivity contribution in [2.24, 2.45) is 17.1 Å². The van der Waals surface area contributed by atoms with Crippen molar-refractivity contribution in [1.29, 1.82) is 0 Å². The van der Waals surface area contributed by atoms with Crippen molar-refractivity contribution in [3.8, 4) is 0 Å². The van der Waals surface area contributed by atoms with Crippen molar-refractivity contribution in [2.75, 3.05) is 13.7 Å². The highest BCUT2D eigenvalue weighted by atomic mass is 16.5. The molecular weight excluding hydrogens is 232 g/mol. The third-order valence-electron chi connectivity index (χ3n) is 3.73. The molecule has 0 aromatic carbocycles. The van der Waals surface area contributed by atoms with Gasteiger partial charge in [0.1, 0.15) is 6.04 Å². The summed E-state index contributed by atoms with van der Waals surface area (Å²) in [5, 5.41) is 2.77. The number of carbonyl (C=O) groups is 2. The number of nitrogens with one attached hydrogen (secondary N) is 1. The van der Waals surface area contributed by atoms with Crippen molar-refractivity contribution >= 4 is 11.9 Å². The molecule has 3 N–H and O–H groups in total. The van der Waals surface area contributed by atoms with E-state index in [1.807, 2.05) is 20.8 Å². The molecule has 1 amide bonds. The Morgan fingerprint density at radius 2 is 1.94 bits per heavy atom. The van der Waals surface area contributed by atoms with Gasteiger partial charge in [-0.1, -0.05) is 27.2 Å². The predicted molar refractivity (Wildman–Crippen MR) is 70.9 cm³/mol. The fraction of sp³-hybridized carbons (Fsp3) is 0.846. The fourth-order valence-electron chi connectivity index (χ4n) is 1.51. The summed E-state index contributed by atoms with van der Waals surface area (Å²) in [6, 6.07) is -0.607. The average Bonchev–Trinajstić information content (AvgIpc) is 2.41. The second kappa shape index (κ2) is 7.36. The van der Waals surface area contributed by atoms with E-state index in [2.05, 4.69) is 5.32 Å². The van der Waals surface area contributed by atoms with Gasteiger partial charge in [-0.15, -0.1) is 0 Å². The molecule has 0 aromatic heterocycles. The SMILES string of the molecule is CCC(C)C(NC(=O)C(C)(CC)CN)C(=O)OC. The molecule has 0 aliphatic carbocycles. The van der Waals surface area contributed by atoms with E-state index in [0.29, 0.717) is 6.42 Å². The molecule has 3 unspecified atom stereocenters. The summed E-state index contributed by atoms with van der Waals surface area (Å²) >= 11 is 0. The maximum Gasteiger partial charge on any atom is 0.328 e. The van der Waals surface area contributed by atoms with Crippen LogP contribution in [0, 0.1) is 11.3 Å². The number of methoxy groups -OCH3 is 1. The predicted octanol–water partition coefficient (Wildman–Crippen LogP) is 1.07. The Labute approximate surface area is 109 Å². The molecule has 0 spiro atoms. The standard InChI is InChI=1S/C13H26N2O3/c1-6-9(3)10(11(16)18-5)15-12(17)13(4,7-2)8-14/h9-10H,6-8,14H2,1-5H3,(H,15,17). The first kappa shape index (κ1) is 16.9. The fourth-order valence-corrected chi connectivity index (χ4v) is 1.51. The molecule has 0 bridgehead atoms. The molecular formula is C13H26N2O3. The highest BCUT2D eigenvalue weighted by Crippen LogP contribution is 2.20. The minimum Gasteiger partial charge on any atom is -0.467 e. The summed E-state index contributed by atoms with van der Waals surface area (Å²) in [6.07, 6.45) is 1.41. The Kier molecular flexibility index (Phi) is 6.91. The molecule has 0 radical (unpaired) electrons.